The first-order valence-electron chi connectivity index (χ1n) is 9.51. The van der Waals surface area contributed by atoms with Crippen LogP contribution in [0.3, 0.4) is 0 Å². The number of aromatic nitrogens is 1. The third-order valence-electron chi connectivity index (χ3n) is 3.95. The van der Waals surface area contributed by atoms with Crippen LogP contribution < -0.4 is 20.2 Å². The van der Waals surface area contributed by atoms with Crippen molar-refractivity contribution in [2.75, 3.05) is 24.0 Å². The monoisotopic (exact) mass is 424 g/mol. The summed E-state index contributed by atoms with van der Waals surface area (Å²) in [5.74, 6) is 0.807. The highest BCUT2D eigenvalue weighted by atomic mass is 32.1. The molecule has 0 radical (unpaired) electrons. The van der Waals surface area contributed by atoms with E-state index in [1.165, 1.54) is 11.3 Å². The van der Waals surface area contributed by atoms with Crippen LogP contribution in [0.25, 0.3) is 0 Å². The van der Waals surface area contributed by atoms with Gasteiger partial charge in [-0.2, -0.15) is 5.10 Å². The number of carbonyl (C=O) groups excluding carboxylic acids is 1. The first-order valence-corrected chi connectivity index (χ1v) is 10.4. The summed E-state index contributed by atoms with van der Waals surface area (Å²) in [6.07, 6.45) is 1.67. The van der Waals surface area contributed by atoms with Gasteiger partial charge in [0, 0.05) is 11.1 Å². The zero-order chi connectivity index (χ0) is 21.3. The number of hydrazone groups is 1. The summed E-state index contributed by atoms with van der Waals surface area (Å²) in [4.78, 5) is 16.5. The molecule has 3 rings (SSSR count). The number of carbonyl (C=O) groups is 1. The Kier molecular flexibility index (Phi) is 7.40. The lowest BCUT2D eigenvalue weighted by Gasteiger charge is -2.12. The smallest absolute Gasteiger partial charge is 0.262 e. The number of hydrogen-bond donors (Lipinski definition) is 2. The number of amides is 1. The van der Waals surface area contributed by atoms with Crippen molar-refractivity contribution in [3.63, 3.8) is 0 Å². The van der Waals surface area contributed by atoms with E-state index in [0.717, 1.165) is 27.6 Å². The molecule has 1 amide bonds. The van der Waals surface area contributed by atoms with Crippen LogP contribution in [0.5, 0.6) is 11.5 Å². The van der Waals surface area contributed by atoms with Crippen molar-refractivity contribution in [2.45, 2.75) is 20.8 Å². The Labute approximate surface area is 179 Å². The fraction of sp³-hybridized carbons (Fsp3) is 0.227. The van der Waals surface area contributed by atoms with Gasteiger partial charge in [-0.25, -0.2) is 4.98 Å². The Morgan fingerprint density at radius 1 is 1.13 bits per heavy atom. The van der Waals surface area contributed by atoms with Gasteiger partial charge in [0.25, 0.3) is 5.91 Å². The van der Waals surface area contributed by atoms with Crippen LogP contribution in [0.1, 0.15) is 23.7 Å². The van der Waals surface area contributed by atoms with E-state index >= 15 is 0 Å². The van der Waals surface area contributed by atoms with Crippen LogP contribution >= 0.6 is 11.3 Å². The number of nitrogens with zero attached hydrogens (tertiary/aromatic N) is 2. The molecule has 0 aliphatic heterocycles. The van der Waals surface area contributed by atoms with Gasteiger partial charge in [-0.3, -0.25) is 10.2 Å². The normalized spacial score (nSPS) is 10.8. The molecule has 0 aliphatic rings. The summed E-state index contributed by atoms with van der Waals surface area (Å²) in [5.41, 5.74) is 6.54. The standard InChI is InChI=1S/C22H24N4O3S/c1-4-28-20-11-17(12-23-26-22-24-16(3)14-30-22)7-10-19(20)29-13-21(27)25-18-8-5-15(2)6-9-18/h5-12,14H,4,13H2,1-3H3,(H,24,26)(H,25,27). The predicted octanol–water partition coefficient (Wildman–Crippen LogP) is 4.62. The molecular weight excluding hydrogens is 400 g/mol. The number of nitrogens with one attached hydrogen (secondary N) is 2. The minimum atomic E-state index is -0.241. The van der Waals surface area contributed by atoms with Gasteiger partial charge in [-0.15, -0.1) is 11.3 Å². The molecule has 156 valence electrons. The summed E-state index contributed by atoms with van der Waals surface area (Å²) in [5, 5.41) is 9.68. The summed E-state index contributed by atoms with van der Waals surface area (Å²) in [7, 11) is 0. The largest absolute Gasteiger partial charge is 0.490 e. The maximum atomic E-state index is 12.2. The maximum Gasteiger partial charge on any atom is 0.262 e. The van der Waals surface area contributed by atoms with E-state index < -0.39 is 0 Å². The molecule has 2 N–H and O–H groups in total. The number of aryl methyl sites for hydroxylation is 2. The Balaban J connectivity index is 1.59. The first kappa shape index (κ1) is 21.3. The van der Waals surface area contributed by atoms with Gasteiger partial charge in [0.15, 0.2) is 18.1 Å². The van der Waals surface area contributed by atoms with Crippen LogP contribution in [0, 0.1) is 13.8 Å². The van der Waals surface area contributed by atoms with Crippen molar-refractivity contribution in [3.05, 3.63) is 64.7 Å². The Bertz CT molecular complexity index is 1020. The van der Waals surface area contributed by atoms with Crippen molar-refractivity contribution < 1.29 is 14.3 Å². The summed E-state index contributed by atoms with van der Waals surface area (Å²) in [6.45, 7) is 6.17. The molecule has 2 aromatic carbocycles. The first-order chi connectivity index (χ1) is 14.5. The highest BCUT2D eigenvalue weighted by molar-refractivity contribution is 7.13. The zero-order valence-corrected chi connectivity index (χ0v) is 18.0. The van der Waals surface area contributed by atoms with Crippen molar-refractivity contribution in [2.24, 2.45) is 5.10 Å². The number of rotatable bonds is 9. The van der Waals surface area contributed by atoms with Crippen LogP contribution in [0.15, 0.2) is 52.9 Å². The van der Waals surface area contributed by atoms with E-state index in [1.54, 1.807) is 12.3 Å². The highest BCUT2D eigenvalue weighted by Gasteiger charge is 2.09. The van der Waals surface area contributed by atoms with Crippen molar-refractivity contribution in [1.82, 2.24) is 4.98 Å². The van der Waals surface area contributed by atoms with Crippen LogP contribution in [0.4, 0.5) is 10.8 Å². The second-order valence-corrected chi connectivity index (χ2v) is 7.36. The van der Waals surface area contributed by atoms with Crippen molar-refractivity contribution in [3.8, 4) is 11.5 Å². The summed E-state index contributed by atoms with van der Waals surface area (Å²) in [6, 6.07) is 13.0. The molecular formula is C22H24N4O3S. The quantitative estimate of drug-likeness (QED) is 0.387. The fourth-order valence-corrected chi connectivity index (χ4v) is 3.17. The molecule has 30 heavy (non-hydrogen) atoms. The highest BCUT2D eigenvalue weighted by Crippen LogP contribution is 2.28. The molecule has 0 aliphatic carbocycles. The summed E-state index contributed by atoms with van der Waals surface area (Å²) < 4.78 is 11.3. The Hall–Kier alpha value is -3.39. The average molecular weight is 425 g/mol. The lowest BCUT2D eigenvalue weighted by Crippen LogP contribution is -2.20. The van der Waals surface area contributed by atoms with Crippen LogP contribution in [-0.4, -0.2) is 30.3 Å². The van der Waals surface area contributed by atoms with Gasteiger partial charge >= 0.3 is 0 Å². The van der Waals surface area contributed by atoms with E-state index in [2.05, 4.69) is 20.8 Å². The SMILES string of the molecule is CCOc1cc(C=NNc2nc(C)cs2)ccc1OCC(=O)Nc1ccc(C)cc1. The van der Waals surface area contributed by atoms with Gasteiger partial charge in [0.2, 0.25) is 5.13 Å². The third kappa shape index (κ3) is 6.31. The van der Waals surface area contributed by atoms with Crippen LogP contribution in [-0.2, 0) is 4.79 Å². The number of thiazole rings is 1. The molecule has 0 saturated heterocycles. The molecule has 0 fully saturated rings. The number of benzene rings is 2. The minimum absolute atomic E-state index is 0.119. The predicted molar refractivity (Wildman–Crippen MR) is 121 cm³/mol. The number of hydrogen-bond acceptors (Lipinski definition) is 7. The van der Waals surface area contributed by atoms with E-state index in [-0.39, 0.29) is 12.5 Å². The molecule has 0 bridgehead atoms. The van der Waals surface area contributed by atoms with E-state index in [9.17, 15) is 4.79 Å². The van der Waals surface area contributed by atoms with Gasteiger partial charge in [-0.05, 0) is 56.7 Å². The minimum Gasteiger partial charge on any atom is -0.490 e. The molecule has 0 unspecified atom stereocenters. The van der Waals surface area contributed by atoms with Gasteiger partial charge in [-0.1, -0.05) is 17.7 Å². The van der Waals surface area contributed by atoms with Crippen molar-refractivity contribution >= 4 is 34.3 Å². The second kappa shape index (κ2) is 10.4. The molecule has 7 nitrogen and oxygen atoms in total. The molecule has 0 atom stereocenters. The third-order valence-corrected chi connectivity index (χ3v) is 4.82. The molecule has 0 spiro atoms. The second-order valence-electron chi connectivity index (χ2n) is 6.51. The molecule has 0 saturated carbocycles. The topological polar surface area (TPSA) is 84.8 Å². The molecule has 8 heteroatoms. The number of anilines is 2. The summed E-state index contributed by atoms with van der Waals surface area (Å²) >= 11 is 1.49. The van der Waals surface area contributed by atoms with Gasteiger partial charge < -0.3 is 14.8 Å². The molecule has 1 aromatic heterocycles. The van der Waals surface area contributed by atoms with E-state index in [0.29, 0.717) is 18.1 Å². The van der Waals surface area contributed by atoms with Crippen LogP contribution in [0.2, 0.25) is 0 Å². The van der Waals surface area contributed by atoms with Gasteiger partial charge in [0.1, 0.15) is 0 Å². The molecule has 3 aromatic rings. The molecule has 1 heterocycles. The van der Waals surface area contributed by atoms with E-state index in [4.69, 9.17) is 9.47 Å². The van der Waals surface area contributed by atoms with Crippen molar-refractivity contribution in [1.29, 1.82) is 0 Å². The lowest BCUT2D eigenvalue weighted by atomic mass is 10.2. The Morgan fingerprint density at radius 3 is 2.63 bits per heavy atom. The Morgan fingerprint density at radius 2 is 1.93 bits per heavy atom. The van der Waals surface area contributed by atoms with Gasteiger partial charge in [0.05, 0.1) is 18.5 Å². The number of ether oxygens (including phenoxy) is 2. The lowest BCUT2D eigenvalue weighted by molar-refractivity contribution is -0.118. The van der Waals surface area contributed by atoms with E-state index in [1.807, 2.05) is 62.5 Å². The maximum absolute atomic E-state index is 12.2. The zero-order valence-electron chi connectivity index (χ0n) is 17.1. The average Bonchev–Trinajstić information content (AvgIpc) is 3.14. The fourth-order valence-electron chi connectivity index (χ4n) is 2.54.